The fraction of sp³-hybridized carbons (Fsp3) is 0.630. The lowest BCUT2D eigenvalue weighted by Gasteiger charge is -2.30. The Hall–Kier alpha value is -1.28. The van der Waals surface area contributed by atoms with E-state index in [0.717, 1.165) is 12.8 Å². The maximum Gasteiger partial charge on any atom is 0.121 e. The highest BCUT2D eigenvalue weighted by atomic mass is 28.3. The number of unbranched alkanes of at least 4 members (excludes halogenated alkanes) is 4. The van der Waals surface area contributed by atoms with E-state index in [1.165, 1.54) is 79.9 Å². The Morgan fingerprint density at radius 3 is 2.17 bits per heavy atom. The topological polar surface area (TPSA) is 9.23 Å². The van der Waals surface area contributed by atoms with Crippen molar-refractivity contribution in [2.45, 2.75) is 104 Å². The molecule has 1 aromatic carbocycles. The van der Waals surface area contributed by atoms with Crippen LogP contribution in [0.2, 0.25) is 13.1 Å². The molecule has 2 heteroatoms. The standard InChI is InChI=1S/C27H44OSi/c1-7-10-12-16-22-20-24(17-13-11-8-2)27(28-4)26(21-22)29(5,6)25-19-14-18-23(25)15-9-3/h14,18,20-21H,7-13,15-17,19H2,1-6H3. The third kappa shape index (κ3) is 6.10. The first kappa shape index (κ1) is 24.0. The normalized spacial score (nSPS) is 14.1. The summed E-state index contributed by atoms with van der Waals surface area (Å²) in [4.78, 5) is 0. The van der Waals surface area contributed by atoms with Crippen LogP contribution in [0.5, 0.6) is 5.75 Å². The molecule has 0 fully saturated rings. The van der Waals surface area contributed by atoms with Crippen molar-refractivity contribution in [2.75, 3.05) is 7.11 Å². The van der Waals surface area contributed by atoms with Gasteiger partial charge < -0.3 is 4.74 Å². The highest BCUT2D eigenvalue weighted by Gasteiger charge is 2.34. The second kappa shape index (κ2) is 11.8. The van der Waals surface area contributed by atoms with Gasteiger partial charge in [-0.1, -0.05) is 101 Å². The van der Waals surface area contributed by atoms with Crippen LogP contribution in [0.25, 0.3) is 0 Å². The zero-order valence-electron chi connectivity index (χ0n) is 20.0. The second-order valence-electron chi connectivity index (χ2n) is 9.24. The molecular formula is C27H44OSi. The van der Waals surface area contributed by atoms with Crippen LogP contribution in [0.3, 0.4) is 0 Å². The van der Waals surface area contributed by atoms with Gasteiger partial charge in [-0.05, 0) is 54.8 Å². The third-order valence-electron chi connectivity index (χ3n) is 6.52. The van der Waals surface area contributed by atoms with Gasteiger partial charge in [0, 0.05) is 0 Å². The van der Waals surface area contributed by atoms with Crippen LogP contribution < -0.4 is 9.92 Å². The molecule has 0 aliphatic heterocycles. The first-order valence-corrected chi connectivity index (χ1v) is 15.1. The van der Waals surface area contributed by atoms with Gasteiger partial charge in [0.2, 0.25) is 0 Å². The quantitative estimate of drug-likeness (QED) is 0.238. The van der Waals surface area contributed by atoms with Crippen molar-refractivity contribution in [3.8, 4) is 5.75 Å². The average molecular weight is 413 g/mol. The van der Waals surface area contributed by atoms with Gasteiger partial charge in [-0.25, -0.2) is 0 Å². The van der Waals surface area contributed by atoms with E-state index in [-0.39, 0.29) is 0 Å². The molecule has 0 N–H and O–H groups in total. The highest BCUT2D eigenvalue weighted by Crippen LogP contribution is 2.34. The molecule has 29 heavy (non-hydrogen) atoms. The van der Waals surface area contributed by atoms with Gasteiger partial charge in [-0.2, -0.15) is 0 Å². The Kier molecular flexibility index (Phi) is 9.75. The molecule has 1 aliphatic rings. The van der Waals surface area contributed by atoms with E-state index in [2.05, 4.69) is 58.2 Å². The van der Waals surface area contributed by atoms with E-state index < -0.39 is 8.07 Å². The molecule has 0 heterocycles. The zero-order chi connectivity index (χ0) is 21.3. The molecule has 0 saturated heterocycles. The van der Waals surface area contributed by atoms with Crippen molar-refractivity contribution in [2.24, 2.45) is 0 Å². The Morgan fingerprint density at radius 2 is 1.55 bits per heavy atom. The molecule has 1 aliphatic carbocycles. The van der Waals surface area contributed by atoms with Gasteiger partial charge in [-0.15, -0.1) is 0 Å². The summed E-state index contributed by atoms with van der Waals surface area (Å²) in [6.07, 6.45) is 18.4. The summed E-state index contributed by atoms with van der Waals surface area (Å²) >= 11 is 0. The predicted octanol–water partition coefficient (Wildman–Crippen LogP) is 7.67. The summed E-state index contributed by atoms with van der Waals surface area (Å²) in [6, 6.07) is 4.99. The molecule has 0 aromatic heterocycles. The van der Waals surface area contributed by atoms with E-state index in [9.17, 15) is 0 Å². The summed E-state index contributed by atoms with van der Waals surface area (Å²) in [5.74, 6) is 1.20. The van der Waals surface area contributed by atoms with Crippen molar-refractivity contribution >= 4 is 13.3 Å². The van der Waals surface area contributed by atoms with Crippen LogP contribution in [0, 0.1) is 0 Å². The minimum Gasteiger partial charge on any atom is -0.497 e. The van der Waals surface area contributed by atoms with Crippen molar-refractivity contribution in [3.63, 3.8) is 0 Å². The van der Waals surface area contributed by atoms with Crippen LogP contribution in [0.4, 0.5) is 0 Å². The smallest absolute Gasteiger partial charge is 0.121 e. The SMILES string of the molecule is CCCCCc1cc(CCCCC)c(OC)c([Si](C)(C)C2=C(CCC)C=CC2)c1. The molecule has 0 spiro atoms. The monoisotopic (exact) mass is 412 g/mol. The van der Waals surface area contributed by atoms with Crippen LogP contribution in [0.15, 0.2) is 35.1 Å². The number of hydrogen-bond acceptors (Lipinski definition) is 1. The molecule has 0 atom stereocenters. The van der Waals surface area contributed by atoms with E-state index in [4.69, 9.17) is 4.74 Å². The lowest BCUT2D eigenvalue weighted by Crippen LogP contribution is -2.45. The third-order valence-corrected chi connectivity index (χ3v) is 10.3. The molecule has 162 valence electrons. The molecule has 1 aromatic rings. The van der Waals surface area contributed by atoms with Gasteiger partial charge in [0.05, 0.1) is 7.11 Å². The fourth-order valence-electron chi connectivity index (χ4n) is 4.81. The van der Waals surface area contributed by atoms with Crippen LogP contribution in [0.1, 0.15) is 89.7 Å². The Morgan fingerprint density at radius 1 is 0.862 bits per heavy atom. The summed E-state index contributed by atoms with van der Waals surface area (Å²) < 4.78 is 6.12. The van der Waals surface area contributed by atoms with Crippen molar-refractivity contribution in [1.29, 1.82) is 0 Å². The number of benzene rings is 1. The minimum absolute atomic E-state index is 1.14. The molecule has 0 radical (unpaired) electrons. The fourth-order valence-corrected chi connectivity index (χ4v) is 8.15. The molecule has 2 rings (SSSR count). The van der Waals surface area contributed by atoms with Crippen molar-refractivity contribution in [3.05, 3.63) is 46.2 Å². The lowest BCUT2D eigenvalue weighted by atomic mass is 10.00. The van der Waals surface area contributed by atoms with E-state index in [1.54, 1.807) is 10.8 Å². The number of ether oxygens (including phenoxy) is 1. The summed E-state index contributed by atoms with van der Waals surface area (Å²) in [5.41, 5.74) is 4.59. The molecule has 0 saturated carbocycles. The second-order valence-corrected chi connectivity index (χ2v) is 13.6. The summed E-state index contributed by atoms with van der Waals surface area (Å²) in [7, 11) is 0.109. The van der Waals surface area contributed by atoms with Gasteiger partial charge in [0.1, 0.15) is 13.8 Å². The van der Waals surface area contributed by atoms with E-state index in [1.807, 2.05) is 7.11 Å². The Bertz CT molecular complexity index is 711. The molecule has 0 bridgehead atoms. The Balaban J connectivity index is 2.49. The first-order chi connectivity index (χ1) is 14.0. The summed E-state index contributed by atoms with van der Waals surface area (Å²) in [6.45, 7) is 12.0. The Labute approximate surface area is 181 Å². The lowest BCUT2D eigenvalue weighted by molar-refractivity contribution is 0.412. The predicted molar refractivity (Wildman–Crippen MR) is 132 cm³/mol. The zero-order valence-corrected chi connectivity index (χ0v) is 21.0. The maximum atomic E-state index is 6.12. The van der Waals surface area contributed by atoms with Crippen molar-refractivity contribution < 1.29 is 4.74 Å². The number of aryl methyl sites for hydroxylation is 2. The van der Waals surface area contributed by atoms with Gasteiger partial charge >= 0.3 is 0 Å². The maximum absolute atomic E-state index is 6.12. The van der Waals surface area contributed by atoms with Gasteiger partial charge in [0.25, 0.3) is 0 Å². The van der Waals surface area contributed by atoms with E-state index >= 15 is 0 Å². The number of rotatable bonds is 13. The number of methoxy groups -OCH3 is 1. The number of hydrogen-bond donors (Lipinski definition) is 0. The number of allylic oxidation sites excluding steroid dienone is 4. The first-order valence-electron chi connectivity index (χ1n) is 12.1. The molecule has 1 nitrogen and oxygen atoms in total. The summed E-state index contributed by atoms with van der Waals surface area (Å²) in [5, 5.41) is 3.26. The van der Waals surface area contributed by atoms with E-state index in [0.29, 0.717) is 0 Å². The molecular weight excluding hydrogens is 368 g/mol. The highest BCUT2D eigenvalue weighted by molar-refractivity contribution is 6.96. The van der Waals surface area contributed by atoms with Crippen LogP contribution in [-0.4, -0.2) is 15.2 Å². The molecule has 0 unspecified atom stereocenters. The van der Waals surface area contributed by atoms with Crippen LogP contribution in [-0.2, 0) is 12.8 Å². The van der Waals surface area contributed by atoms with Gasteiger partial charge in [0.15, 0.2) is 0 Å². The van der Waals surface area contributed by atoms with Crippen LogP contribution >= 0.6 is 0 Å². The van der Waals surface area contributed by atoms with Crippen molar-refractivity contribution in [1.82, 2.24) is 0 Å². The largest absolute Gasteiger partial charge is 0.497 e. The molecule has 0 amide bonds. The van der Waals surface area contributed by atoms with Gasteiger partial charge in [-0.3, -0.25) is 0 Å². The average Bonchev–Trinajstić information content (AvgIpc) is 3.17. The minimum atomic E-state index is -1.78.